The Kier molecular flexibility index (Phi) is 3.87. The standard InChI is InChI=1S/C8H9IN2O2S/c1-4(7(10)12)11-8(13)6-5(9)2-3-14-6/h2-4H,1H3,(H2,10,12)(H,11,13)/t4-/m1/s1. The molecule has 0 aliphatic carbocycles. The minimum Gasteiger partial charge on any atom is -0.368 e. The molecular weight excluding hydrogens is 315 g/mol. The van der Waals surface area contributed by atoms with Crippen LogP contribution in [0, 0.1) is 3.57 Å². The van der Waals surface area contributed by atoms with E-state index in [0.717, 1.165) is 3.57 Å². The van der Waals surface area contributed by atoms with Gasteiger partial charge in [0.15, 0.2) is 0 Å². The monoisotopic (exact) mass is 324 g/mol. The molecule has 1 aromatic rings. The van der Waals surface area contributed by atoms with Gasteiger partial charge in [-0.3, -0.25) is 9.59 Å². The molecule has 0 radical (unpaired) electrons. The summed E-state index contributed by atoms with van der Waals surface area (Å²) < 4.78 is 0.877. The molecular formula is C8H9IN2O2S. The van der Waals surface area contributed by atoms with Crippen molar-refractivity contribution in [3.8, 4) is 0 Å². The topological polar surface area (TPSA) is 72.2 Å². The first kappa shape index (κ1) is 11.4. The van der Waals surface area contributed by atoms with Gasteiger partial charge in [-0.25, -0.2) is 0 Å². The minimum absolute atomic E-state index is 0.254. The van der Waals surface area contributed by atoms with E-state index in [1.54, 1.807) is 6.92 Å². The van der Waals surface area contributed by atoms with Crippen molar-refractivity contribution in [1.29, 1.82) is 0 Å². The third kappa shape index (κ3) is 2.68. The van der Waals surface area contributed by atoms with Crippen molar-refractivity contribution >= 4 is 45.7 Å². The summed E-state index contributed by atoms with van der Waals surface area (Å²) in [5, 5.41) is 4.34. The highest BCUT2D eigenvalue weighted by Crippen LogP contribution is 2.18. The maximum atomic E-state index is 11.5. The second kappa shape index (κ2) is 4.74. The zero-order valence-corrected chi connectivity index (χ0v) is 10.4. The third-order valence-electron chi connectivity index (χ3n) is 1.60. The predicted molar refractivity (Wildman–Crippen MR) is 63.2 cm³/mol. The van der Waals surface area contributed by atoms with Crippen LogP contribution in [0.4, 0.5) is 0 Å². The van der Waals surface area contributed by atoms with Gasteiger partial charge in [0.05, 0.1) is 0 Å². The van der Waals surface area contributed by atoms with Crippen LogP contribution in [0.2, 0.25) is 0 Å². The summed E-state index contributed by atoms with van der Waals surface area (Å²) in [6.07, 6.45) is 0. The number of hydrogen-bond donors (Lipinski definition) is 2. The van der Waals surface area contributed by atoms with Gasteiger partial charge in [0, 0.05) is 3.57 Å². The Morgan fingerprint density at radius 2 is 2.29 bits per heavy atom. The third-order valence-corrected chi connectivity index (χ3v) is 3.78. The van der Waals surface area contributed by atoms with E-state index in [1.807, 2.05) is 11.4 Å². The lowest BCUT2D eigenvalue weighted by atomic mass is 10.3. The maximum Gasteiger partial charge on any atom is 0.263 e. The molecule has 76 valence electrons. The van der Waals surface area contributed by atoms with Crippen LogP contribution in [-0.4, -0.2) is 17.9 Å². The van der Waals surface area contributed by atoms with Crippen LogP contribution in [0.5, 0.6) is 0 Å². The van der Waals surface area contributed by atoms with Crippen LogP contribution in [0.1, 0.15) is 16.6 Å². The molecule has 0 aliphatic rings. The van der Waals surface area contributed by atoms with Crippen molar-refractivity contribution in [2.45, 2.75) is 13.0 Å². The highest BCUT2D eigenvalue weighted by atomic mass is 127. The van der Waals surface area contributed by atoms with Gasteiger partial charge >= 0.3 is 0 Å². The fourth-order valence-corrected chi connectivity index (χ4v) is 2.53. The molecule has 1 aromatic heterocycles. The summed E-state index contributed by atoms with van der Waals surface area (Å²) in [5.41, 5.74) is 5.02. The van der Waals surface area contributed by atoms with Gasteiger partial charge < -0.3 is 11.1 Å². The van der Waals surface area contributed by atoms with E-state index >= 15 is 0 Å². The van der Waals surface area contributed by atoms with E-state index in [0.29, 0.717) is 4.88 Å². The molecule has 0 bridgehead atoms. The summed E-state index contributed by atoms with van der Waals surface area (Å²) in [6.45, 7) is 1.56. The summed E-state index contributed by atoms with van der Waals surface area (Å²) in [5.74, 6) is -0.791. The van der Waals surface area contributed by atoms with Crippen LogP contribution < -0.4 is 11.1 Å². The highest BCUT2D eigenvalue weighted by molar-refractivity contribution is 14.1. The van der Waals surface area contributed by atoms with Gasteiger partial charge in [-0.1, -0.05) is 0 Å². The average Bonchev–Trinajstić information content (AvgIpc) is 2.51. The van der Waals surface area contributed by atoms with E-state index in [1.165, 1.54) is 11.3 Å². The maximum absolute atomic E-state index is 11.5. The van der Waals surface area contributed by atoms with Crippen molar-refractivity contribution in [2.75, 3.05) is 0 Å². The first-order valence-corrected chi connectivity index (χ1v) is 5.81. The molecule has 0 spiro atoms. The Morgan fingerprint density at radius 3 is 2.71 bits per heavy atom. The van der Waals surface area contributed by atoms with Crippen LogP contribution in [0.3, 0.4) is 0 Å². The van der Waals surface area contributed by atoms with E-state index in [2.05, 4.69) is 27.9 Å². The van der Waals surface area contributed by atoms with Crippen LogP contribution in [0.15, 0.2) is 11.4 Å². The zero-order chi connectivity index (χ0) is 10.7. The largest absolute Gasteiger partial charge is 0.368 e. The number of rotatable bonds is 3. The van der Waals surface area contributed by atoms with Crippen LogP contribution in [-0.2, 0) is 4.79 Å². The lowest BCUT2D eigenvalue weighted by Gasteiger charge is -2.08. The Labute approximate surface area is 99.0 Å². The Bertz CT molecular complexity index is 364. The predicted octanol–water partition coefficient (Wildman–Crippen LogP) is 0.956. The van der Waals surface area contributed by atoms with Crippen LogP contribution >= 0.6 is 33.9 Å². The quantitative estimate of drug-likeness (QED) is 0.813. The van der Waals surface area contributed by atoms with Gasteiger partial charge in [-0.2, -0.15) is 0 Å². The van der Waals surface area contributed by atoms with Crippen molar-refractivity contribution in [1.82, 2.24) is 5.32 Å². The van der Waals surface area contributed by atoms with Gasteiger partial charge in [0.25, 0.3) is 5.91 Å². The molecule has 0 saturated carbocycles. The molecule has 3 N–H and O–H groups in total. The molecule has 14 heavy (non-hydrogen) atoms. The molecule has 6 heteroatoms. The van der Waals surface area contributed by atoms with Crippen LogP contribution in [0.25, 0.3) is 0 Å². The van der Waals surface area contributed by atoms with Gasteiger partial charge in [0.1, 0.15) is 10.9 Å². The molecule has 0 aliphatic heterocycles. The normalized spacial score (nSPS) is 12.1. The van der Waals surface area contributed by atoms with E-state index in [4.69, 9.17) is 5.73 Å². The summed E-state index contributed by atoms with van der Waals surface area (Å²) >= 11 is 3.41. The zero-order valence-electron chi connectivity index (χ0n) is 7.41. The smallest absolute Gasteiger partial charge is 0.263 e. The molecule has 0 saturated heterocycles. The second-order valence-electron chi connectivity index (χ2n) is 2.70. The molecule has 0 fully saturated rings. The van der Waals surface area contributed by atoms with E-state index in [9.17, 15) is 9.59 Å². The van der Waals surface area contributed by atoms with Crippen molar-refractivity contribution in [3.63, 3.8) is 0 Å². The van der Waals surface area contributed by atoms with Crippen molar-refractivity contribution in [2.24, 2.45) is 5.73 Å². The van der Waals surface area contributed by atoms with Gasteiger partial charge in [0.2, 0.25) is 5.91 Å². The van der Waals surface area contributed by atoms with Gasteiger partial charge in [-0.05, 0) is 41.0 Å². The minimum atomic E-state index is -0.639. The molecule has 1 rings (SSSR count). The first-order valence-electron chi connectivity index (χ1n) is 3.85. The summed E-state index contributed by atoms with van der Waals surface area (Å²) in [4.78, 5) is 22.8. The molecule has 4 nitrogen and oxygen atoms in total. The highest BCUT2D eigenvalue weighted by Gasteiger charge is 2.16. The number of halogens is 1. The Hall–Kier alpha value is -0.630. The summed E-state index contributed by atoms with van der Waals surface area (Å²) in [7, 11) is 0. The van der Waals surface area contributed by atoms with Gasteiger partial charge in [-0.15, -0.1) is 11.3 Å². The lowest BCUT2D eigenvalue weighted by Crippen LogP contribution is -2.42. The second-order valence-corrected chi connectivity index (χ2v) is 4.77. The number of carbonyl (C=O) groups excluding carboxylic acids is 2. The first-order chi connectivity index (χ1) is 6.52. The molecule has 0 aromatic carbocycles. The van der Waals surface area contributed by atoms with Crippen molar-refractivity contribution in [3.05, 3.63) is 19.9 Å². The molecule has 1 atom stereocenters. The van der Waals surface area contributed by atoms with E-state index < -0.39 is 11.9 Å². The number of nitrogens with two attached hydrogens (primary N) is 1. The summed E-state index contributed by atoms with van der Waals surface area (Å²) in [6, 6.07) is 1.20. The number of amides is 2. The van der Waals surface area contributed by atoms with E-state index in [-0.39, 0.29) is 5.91 Å². The number of hydrogen-bond acceptors (Lipinski definition) is 3. The number of thiophene rings is 1. The number of primary amides is 1. The molecule has 1 heterocycles. The Balaban J connectivity index is 2.69. The number of carbonyl (C=O) groups is 2. The SMILES string of the molecule is C[C@@H](NC(=O)c1sccc1I)C(N)=O. The lowest BCUT2D eigenvalue weighted by molar-refractivity contribution is -0.119. The Morgan fingerprint density at radius 1 is 1.64 bits per heavy atom. The molecule has 2 amide bonds. The average molecular weight is 324 g/mol. The number of nitrogens with one attached hydrogen (secondary N) is 1. The fraction of sp³-hybridized carbons (Fsp3) is 0.250. The molecule has 0 unspecified atom stereocenters. The van der Waals surface area contributed by atoms with Crippen molar-refractivity contribution < 1.29 is 9.59 Å². The fourth-order valence-electron chi connectivity index (χ4n) is 0.789.